The van der Waals surface area contributed by atoms with Gasteiger partial charge in [0, 0.05) is 11.8 Å². The van der Waals surface area contributed by atoms with E-state index in [1.165, 1.54) is 23.9 Å². The molecule has 0 saturated carbocycles. The van der Waals surface area contributed by atoms with Crippen LogP contribution in [-0.2, 0) is 5.75 Å². The summed E-state index contributed by atoms with van der Waals surface area (Å²) in [5, 5.41) is 0.593. The van der Waals surface area contributed by atoms with E-state index >= 15 is 0 Å². The lowest BCUT2D eigenvalue weighted by Crippen LogP contribution is -2.00. The largest absolute Gasteiger partial charge is 0.493 e. The summed E-state index contributed by atoms with van der Waals surface area (Å²) in [6.07, 6.45) is 0. The fourth-order valence-corrected chi connectivity index (χ4v) is 3.22. The van der Waals surface area contributed by atoms with Crippen molar-refractivity contribution in [3.63, 3.8) is 0 Å². The summed E-state index contributed by atoms with van der Waals surface area (Å²) >= 11 is 1.45. The average Bonchev–Trinajstić information content (AvgIpc) is 2.67. The van der Waals surface area contributed by atoms with Gasteiger partial charge in [-0.15, -0.1) is 0 Å². The summed E-state index contributed by atoms with van der Waals surface area (Å²) in [4.78, 5) is 9.11. The zero-order chi connectivity index (χ0) is 19.2. The van der Waals surface area contributed by atoms with Crippen molar-refractivity contribution in [2.45, 2.75) is 30.7 Å². The molecule has 140 valence electrons. The highest BCUT2D eigenvalue weighted by Gasteiger charge is 2.12. The Morgan fingerprint density at radius 1 is 1.00 bits per heavy atom. The van der Waals surface area contributed by atoms with E-state index in [1.54, 1.807) is 13.2 Å². The molecule has 0 bridgehead atoms. The molecule has 4 nitrogen and oxygen atoms in total. The standard InChI is InChI=1S/C21H21FN2O2S/c1-14(2)17-12-20(26-19-10-5-4-9-18(19)25-3)24-21(23-17)27-13-15-7-6-8-16(22)11-15/h4-12,14H,13H2,1-3H3. The Morgan fingerprint density at radius 3 is 2.48 bits per heavy atom. The molecule has 0 amide bonds. The molecule has 0 spiro atoms. The number of ether oxygens (including phenoxy) is 2. The van der Waals surface area contributed by atoms with E-state index in [2.05, 4.69) is 23.8 Å². The summed E-state index contributed by atoms with van der Waals surface area (Å²) < 4.78 is 24.7. The van der Waals surface area contributed by atoms with Crippen LogP contribution in [0.5, 0.6) is 17.4 Å². The number of methoxy groups -OCH3 is 1. The third kappa shape index (κ3) is 5.20. The van der Waals surface area contributed by atoms with Crippen LogP contribution >= 0.6 is 11.8 Å². The number of hydrogen-bond acceptors (Lipinski definition) is 5. The lowest BCUT2D eigenvalue weighted by Gasteiger charge is -2.12. The van der Waals surface area contributed by atoms with Gasteiger partial charge in [0.25, 0.3) is 0 Å². The summed E-state index contributed by atoms with van der Waals surface area (Å²) in [7, 11) is 1.60. The van der Waals surface area contributed by atoms with Gasteiger partial charge in [0.15, 0.2) is 16.7 Å². The molecule has 0 saturated heterocycles. The zero-order valence-corrected chi connectivity index (χ0v) is 16.3. The Hall–Kier alpha value is -2.60. The quantitative estimate of drug-likeness (QED) is 0.379. The molecule has 0 aliphatic carbocycles. The molecular weight excluding hydrogens is 363 g/mol. The molecule has 0 unspecified atom stereocenters. The van der Waals surface area contributed by atoms with Crippen LogP contribution < -0.4 is 9.47 Å². The van der Waals surface area contributed by atoms with Crippen molar-refractivity contribution in [1.82, 2.24) is 9.97 Å². The molecule has 0 N–H and O–H groups in total. The van der Waals surface area contributed by atoms with Gasteiger partial charge in [-0.25, -0.2) is 9.37 Å². The van der Waals surface area contributed by atoms with Gasteiger partial charge < -0.3 is 9.47 Å². The molecule has 0 fully saturated rings. The van der Waals surface area contributed by atoms with Gasteiger partial charge in [-0.3, -0.25) is 0 Å². The van der Waals surface area contributed by atoms with Crippen LogP contribution in [0, 0.1) is 5.82 Å². The highest BCUT2D eigenvalue weighted by Crippen LogP contribution is 2.32. The van der Waals surface area contributed by atoms with Crippen molar-refractivity contribution in [2.24, 2.45) is 0 Å². The van der Waals surface area contributed by atoms with Crippen molar-refractivity contribution >= 4 is 11.8 Å². The first-order valence-corrected chi connectivity index (χ1v) is 9.61. The van der Waals surface area contributed by atoms with E-state index in [9.17, 15) is 4.39 Å². The molecule has 6 heteroatoms. The molecule has 2 aromatic carbocycles. The Labute approximate surface area is 162 Å². The van der Waals surface area contributed by atoms with E-state index in [-0.39, 0.29) is 11.7 Å². The highest BCUT2D eigenvalue weighted by molar-refractivity contribution is 7.98. The minimum Gasteiger partial charge on any atom is -0.493 e. The summed E-state index contributed by atoms with van der Waals surface area (Å²) in [6, 6.07) is 15.8. The third-order valence-electron chi connectivity index (χ3n) is 3.83. The van der Waals surface area contributed by atoms with Gasteiger partial charge >= 0.3 is 0 Å². The van der Waals surface area contributed by atoms with Crippen molar-refractivity contribution < 1.29 is 13.9 Å². The topological polar surface area (TPSA) is 44.2 Å². The van der Waals surface area contributed by atoms with E-state index < -0.39 is 0 Å². The Morgan fingerprint density at radius 2 is 1.78 bits per heavy atom. The van der Waals surface area contributed by atoms with Gasteiger partial charge in [-0.2, -0.15) is 4.98 Å². The first-order valence-electron chi connectivity index (χ1n) is 8.62. The van der Waals surface area contributed by atoms with Crippen molar-refractivity contribution in [3.8, 4) is 17.4 Å². The average molecular weight is 384 g/mol. The molecule has 27 heavy (non-hydrogen) atoms. The Bertz CT molecular complexity index is 918. The maximum absolute atomic E-state index is 13.4. The molecule has 0 radical (unpaired) electrons. The van der Waals surface area contributed by atoms with Crippen LogP contribution in [0.4, 0.5) is 4.39 Å². The SMILES string of the molecule is COc1ccccc1Oc1cc(C(C)C)nc(SCc2cccc(F)c2)n1. The second-order valence-corrected chi connectivity index (χ2v) is 7.18. The molecule has 0 aliphatic heterocycles. The molecule has 3 aromatic rings. The van der Waals surface area contributed by atoms with E-state index in [0.29, 0.717) is 28.3 Å². The number of benzene rings is 2. The number of para-hydroxylation sites is 2. The number of hydrogen-bond donors (Lipinski definition) is 0. The summed E-state index contributed by atoms with van der Waals surface area (Å²) in [5.74, 6) is 2.24. The number of thioether (sulfide) groups is 1. The van der Waals surface area contributed by atoms with E-state index in [1.807, 2.05) is 36.4 Å². The second kappa shape index (κ2) is 8.86. The number of rotatable bonds is 7. The third-order valence-corrected chi connectivity index (χ3v) is 4.75. The van der Waals surface area contributed by atoms with Gasteiger partial charge in [0.1, 0.15) is 5.82 Å². The smallest absolute Gasteiger partial charge is 0.223 e. The van der Waals surface area contributed by atoms with Crippen molar-refractivity contribution in [1.29, 1.82) is 0 Å². The first-order chi connectivity index (χ1) is 13.0. The lowest BCUT2D eigenvalue weighted by molar-refractivity contribution is 0.372. The second-order valence-electron chi connectivity index (χ2n) is 6.24. The zero-order valence-electron chi connectivity index (χ0n) is 15.5. The monoisotopic (exact) mass is 384 g/mol. The number of nitrogens with zero attached hydrogens (tertiary/aromatic N) is 2. The Balaban J connectivity index is 1.84. The molecule has 0 atom stereocenters. The predicted molar refractivity (Wildman–Crippen MR) is 105 cm³/mol. The van der Waals surface area contributed by atoms with E-state index in [4.69, 9.17) is 9.47 Å². The van der Waals surface area contributed by atoms with Crippen LogP contribution in [0.2, 0.25) is 0 Å². The number of aromatic nitrogens is 2. The first kappa shape index (κ1) is 19.2. The van der Waals surface area contributed by atoms with Crippen molar-refractivity contribution in [3.05, 3.63) is 71.7 Å². The summed E-state index contributed by atoms with van der Waals surface area (Å²) in [5.41, 5.74) is 1.77. The number of halogens is 1. The molecule has 3 rings (SSSR count). The maximum Gasteiger partial charge on any atom is 0.223 e. The minimum atomic E-state index is -0.245. The van der Waals surface area contributed by atoms with Crippen molar-refractivity contribution in [2.75, 3.05) is 7.11 Å². The van der Waals surface area contributed by atoms with Gasteiger partial charge in [0.05, 0.1) is 12.8 Å². The van der Waals surface area contributed by atoms with Crippen LogP contribution in [0.25, 0.3) is 0 Å². The Kier molecular flexibility index (Phi) is 6.29. The molecule has 1 heterocycles. The predicted octanol–water partition coefficient (Wildman–Crippen LogP) is 5.83. The van der Waals surface area contributed by atoms with E-state index in [0.717, 1.165) is 11.3 Å². The van der Waals surface area contributed by atoms with Gasteiger partial charge in [-0.05, 0) is 35.7 Å². The normalized spacial score (nSPS) is 10.9. The van der Waals surface area contributed by atoms with Crippen LogP contribution in [0.3, 0.4) is 0 Å². The maximum atomic E-state index is 13.4. The van der Waals surface area contributed by atoms with Crippen LogP contribution in [0.15, 0.2) is 59.8 Å². The fraction of sp³-hybridized carbons (Fsp3) is 0.238. The lowest BCUT2D eigenvalue weighted by atomic mass is 10.1. The minimum absolute atomic E-state index is 0.224. The summed E-state index contributed by atoms with van der Waals surface area (Å²) in [6.45, 7) is 4.13. The van der Waals surface area contributed by atoms with Crippen LogP contribution in [0.1, 0.15) is 31.0 Å². The van der Waals surface area contributed by atoms with Crippen LogP contribution in [-0.4, -0.2) is 17.1 Å². The molecular formula is C21H21FN2O2S. The highest BCUT2D eigenvalue weighted by atomic mass is 32.2. The molecule has 1 aromatic heterocycles. The fourth-order valence-electron chi connectivity index (χ4n) is 2.42. The van der Waals surface area contributed by atoms with Gasteiger partial charge in [-0.1, -0.05) is 49.9 Å². The molecule has 0 aliphatic rings. The van der Waals surface area contributed by atoms with Gasteiger partial charge in [0.2, 0.25) is 5.88 Å².